The van der Waals surface area contributed by atoms with Crippen molar-refractivity contribution in [1.29, 1.82) is 0 Å². The first-order valence-electron chi connectivity index (χ1n) is 4.92. The molecule has 0 unspecified atom stereocenters. The molecular weight excluding hydrogens is 202 g/mol. The van der Waals surface area contributed by atoms with Gasteiger partial charge in [0.05, 0.1) is 15.6 Å². The molecular formula is C13H17NS. The number of rotatable bonds is 3. The summed E-state index contributed by atoms with van der Waals surface area (Å²) in [4.78, 5) is 5.72. The van der Waals surface area contributed by atoms with Crippen LogP contribution in [0.1, 0.15) is 36.3 Å². The van der Waals surface area contributed by atoms with Gasteiger partial charge in [-0.15, -0.1) is 11.3 Å². The van der Waals surface area contributed by atoms with Crippen molar-refractivity contribution < 1.29 is 0 Å². The predicted octanol–water partition coefficient (Wildman–Crippen LogP) is 4.28. The van der Waals surface area contributed by atoms with Gasteiger partial charge in [-0.2, -0.15) is 0 Å². The molecule has 1 aromatic rings. The Labute approximate surface area is 95.9 Å². The van der Waals surface area contributed by atoms with Crippen LogP contribution < -0.4 is 0 Å². The van der Waals surface area contributed by atoms with Crippen molar-refractivity contribution in [3.63, 3.8) is 0 Å². The molecule has 2 heteroatoms. The minimum Gasteiger partial charge on any atom is -0.241 e. The van der Waals surface area contributed by atoms with E-state index in [4.69, 9.17) is 0 Å². The molecule has 15 heavy (non-hydrogen) atoms. The van der Waals surface area contributed by atoms with Crippen LogP contribution in [-0.2, 0) is 5.41 Å². The normalized spacial score (nSPS) is 11.9. The molecule has 0 aliphatic heterocycles. The highest BCUT2D eigenvalue weighted by atomic mass is 32.1. The van der Waals surface area contributed by atoms with Gasteiger partial charge in [-0.3, -0.25) is 0 Å². The highest BCUT2D eigenvalue weighted by molar-refractivity contribution is 7.12. The summed E-state index contributed by atoms with van der Waals surface area (Å²) in [5.41, 5.74) is 1.06. The fourth-order valence-electron chi connectivity index (χ4n) is 1.09. The average Bonchev–Trinajstić information content (AvgIpc) is 2.57. The van der Waals surface area contributed by atoms with Gasteiger partial charge in [0, 0.05) is 5.41 Å². The minimum atomic E-state index is 0.0999. The molecule has 0 saturated heterocycles. The summed E-state index contributed by atoms with van der Waals surface area (Å²) in [6.07, 6.45) is 7.52. The molecule has 0 aliphatic rings. The van der Waals surface area contributed by atoms with Gasteiger partial charge in [-0.05, 0) is 12.2 Å². The van der Waals surface area contributed by atoms with Crippen LogP contribution in [0.2, 0.25) is 0 Å². The summed E-state index contributed by atoms with van der Waals surface area (Å²) in [5, 5.41) is 1.14. The summed E-state index contributed by atoms with van der Waals surface area (Å²) < 4.78 is 0. The number of aromatic nitrogens is 1. The van der Waals surface area contributed by atoms with Crippen molar-refractivity contribution in [3.8, 4) is 0 Å². The Hall–Kier alpha value is -1.15. The number of hydrogen-bond donors (Lipinski definition) is 0. The lowest BCUT2D eigenvalue weighted by molar-refractivity contribution is 0.585. The smallest absolute Gasteiger partial charge is 0.0992 e. The Morgan fingerprint density at radius 3 is 2.40 bits per heavy atom. The Morgan fingerprint density at radius 2 is 1.93 bits per heavy atom. The van der Waals surface area contributed by atoms with Crippen LogP contribution in [0.15, 0.2) is 25.3 Å². The molecule has 0 radical (unpaired) electrons. The topological polar surface area (TPSA) is 12.9 Å². The Morgan fingerprint density at radius 1 is 1.27 bits per heavy atom. The summed E-state index contributed by atoms with van der Waals surface area (Å²) in [5.74, 6) is 0. The molecule has 0 aromatic carbocycles. The zero-order chi connectivity index (χ0) is 11.5. The van der Waals surface area contributed by atoms with Crippen LogP contribution in [0.4, 0.5) is 0 Å². The molecule has 0 saturated carbocycles. The molecule has 80 valence electrons. The van der Waals surface area contributed by atoms with Gasteiger partial charge < -0.3 is 0 Å². The molecule has 1 nitrogen and oxygen atoms in total. The molecule has 1 heterocycles. The standard InChI is InChI=1S/C13H17NS/c1-6-8-9-11-10(7-2)14-12(15-11)13(3,4)5/h6-9H,1-2H2,3-5H3/b9-8-. The van der Waals surface area contributed by atoms with Crippen LogP contribution in [0.5, 0.6) is 0 Å². The van der Waals surface area contributed by atoms with E-state index in [9.17, 15) is 0 Å². The third-order valence-electron chi connectivity index (χ3n) is 1.90. The van der Waals surface area contributed by atoms with Gasteiger partial charge in [0.1, 0.15) is 0 Å². The number of nitrogens with zero attached hydrogens (tertiary/aromatic N) is 1. The molecule has 0 fully saturated rings. The van der Waals surface area contributed by atoms with Crippen molar-refractivity contribution in [2.75, 3.05) is 0 Å². The Kier molecular flexibility index (Phi) is 3.64. The Bertz CT molecular complexity index is 391. The largest absolute Gasteiger partial charge is 0.241 e. The molecule has 0 aliphatic carbocycles. The van der Waals surface area contributed by atoms with E-state index in [-0.39, 0.29) is 5.41 Å². The van der Waals surface area contributed by atoms with Crippen LogP contribution in [0.25, 0.3) is 12.2 Å². The highest BCUT2D eigenvalue weighted by Gasteiger charge is 2.19. The van der Waals surface area contributed by atoms with E-state index in [1.165, 1.54) is 0 Å². The molecule has 0 spiro atoms. The molecule has 0 N–H and O–H groups in total. The molecule has 0 bridgehead atoms. The molecule has 0 atom stereocenters. The van der Waals surface area contributed by atoms with Gasteiger partial charge in [-0.1, -0.05) is 46.1 Å². The van der Waals surface area contributed by atoms with Gasteiger partial charge in [-0.25, -0.2) is 4.98 Å². The van der Waals surface area contributed by atoms with Crippen molar-refractivity contribution >= 4 is 23.5 Å². The first-order valence-corrected chi connectivity index (χ1v) is 5.73. The fraction of sp³-hybridized carbons (Fsp3) is 0.308. The van der Waals surface area contributed by atoms with E-state index in [1.54, 1.807) is 23.5 Å². The first kappa shape index (κ1) is 11.9. The maximum Gasteiger partial charge on any atom is 0.0992 e. The lowest BCUT2D eigenvalue weighted by Crippen LogP contribution is -2.10. The van der Waals surface area contributed by atoms with Gasteiger partial charge in [0.15, 0.2) is 0 Å². The van der Waals surface area contributed by atoms with Gasteiger partial charge in [0.25, 0.3) is 0 Å². The third kappa shape index (κ3) is 2.90. The van der Waals surface area contributed by atoms with E-state index in [2.05, 4.69) is 38.9 Å². The maximum absolute atomic E-state index is 4.57. The van der Waals surface area contributed by atoms with Crippen LogP contribution in [0.3, 0.4) is 0 Å². The van der Waals surface area contributed by atoms with E-state index >= 15 is 0 Å². The van der Waals surface area contributed by atoms with Crippen molar-refractivity contribution in [1.82, 2.24) is 4.98 Å². The lowest BCUT2D eigenvalue weighted by atomic mass is 9.98. The zero-order valence-electron chi connectivity index (χ0n) is 9.58. The monoisotopic (exact) mass is 219 g/mol. The van der Waals surface area contributed by atoms with Gasteiger partial charge >= 0.3 is 0 Å². The number of hydrogen-bond acceptors (Lipinski definition) is 2. The quantitative estimate of drug-likeness (QED) is 0.691. The molecule has 1 rings (SSSR count). The van der Waals surface area contributed by atoms with Crippen molar-refractivity contribution in [3.05, 3.63) is 40.9 Å². The SMILES string of the molecule is C=C/C=C\c1sc(C(C)(C)C)nc1C=C. The van der Waals surface area contributed by atoms with Gasteiger partial charge in [0.2, 0.25) is 0 Å². The van der Waals surface area contributed by atoms with E-state index in [0.29, 0.717) is 0 Å². The van der Waals surface area contributed by atoms with E-state index in [1.807, 2.05) is 12.2 Å². The minimum absolute atomic E-state index is 0.0999. The third-order valence-corrected chi connectivity index (χ3v) is 3.36. The van der Waals surface area contributed by atoms with Crippen LogP contribution >= 0.6 is 11.3 Å². The maximum atomic E-state index is 4.57. The lowest BCUT2D eigenvalue weighted by Gasteiger charge is -2.13. The summed E-state index contributed by atoms with van der Waals surface area (Å²) in [7, 11) is 0. The first-order chi connectivity index (χ1) is 6.99. The molecule has 0 amide bonds. The van der Waals surface area contributed by atoms with Crippen molar-refractivity contribution in [2.24, 2.45) is 0 Å². The molecule has 1 aromatic heterocycles. The summed E-state index contributed by atoms with van der Waals surface area (Å²) in [6, 6.07) is 0. The highest BCUT2D eigenvalue weighted by Crippen LogP contribution is 2.30. The number of allylic oxidation sites excluding steroid dienone is 2. The van der Waals surface area contributed by atoms with E-state index < -0.39 is 0 Å². The predicted molar refractivity (Wildman–Crippen MR) is 70.1 cm³/mol. The summed E-state index contributed by atoms with van der Waals surface area (Å²) >= 11 is 1.71. The fourth-order valence-corrected chi connectivity index (χ4v) is 2.12. The second kappa shape index (κ2) is 4.58. The zero-order valence-corrected chi connectivity index (χ0v) is 10.4. The average molecular weight is 219 g/mol. The Balaban J connectivity index is 3.16. The van der Waals surface area contributed by atoms with Crippen LogP contribution in [0, 0.1) is 0 Å². The second-order valence-corrected chi connectivity index (χ2v) is 5.35. The van der Waals surface area contributed by atoms with E-state index in [0.717, 1.165) is 15.6 Å². The van der Waals surface area contributed by atoms with Crippen LogP contribution in [-0.4, -0.2) is 4.98 Å². The van der Waals surface area contributed by atoms with Crippen molar-refractivity contribution in [2.45, 2.75) is 26.2 Å². The summed E-state index contributed by atoms with van der Waals surface area (Å²) in [6.45, 7) is 13.9. The second-order valence-electron chi connectivity index (χ2n) is 4.32. The number of thiazole rings is 1.